The molecular formula is C16H14N2O6. The minimum absolute atomic E-state index is 0.0562. The Balaban J connectivity index is 1.52. The van der Waals surface area contributed by atoms with Crippen LogP contribution in [0.5, 0.6) is 17.2 Å². The number of nitro benzene ring substituents is 1. The standard InChI is InChI=1S/C16H14N2O6/c19-16(9-22-13-4-2-1-3-12(13)18(20)21)17-8-11-5-6-14-15(7-11)24-10-23-14/h1-7H,8-10H2,(H,17,19). The zero-order chi connectivity index (χ0) is 16.9. The molecule has 0 aromatic heterocycles. The van der Waals surface area contributed by atoms with E-state index in [1.165, 1.54) is 18.2 Å². The van der Waals surface area contributed by atoms with E-state index in [1.807, 2.05) is 6.07 Å². The molecular weight excluding hydrogens is 316 g/mol. The van der Waals surface area contributed by atoms with Crippen LogP contribution in [0.25, 0.3) is 0 Å². The highest BCUT2D eigenvalue weighted by Gasteiger charge is 2.16. The predicted octanol–water partition coefficient (Wildman–Crippen LogP) is 2.02. The number of nitrogens with zero attached hydrogens (tertiary/aromatic N) is 1. The molecule has 0 unspecified atom stereocenters. The van der Waals surface area contributed by atoms with Crippen molar-refractivity contribution in [2.45, 2.75) is 6.54 Å². The van der Waals surface area contributed by atoms with Crippen molar-refractivity contribution in [3.8, 4) is 17.2 Å². The minimum atomic E-state index is -0.556. The molecule has 1 aliphatic rings. The predicted molar refractivity (Wildman–Crippen MR) is 83.0 cm³/mol. The Morgan fingerprint density at radius 3 is 2.83 bits per heavy atom. The van der Waals surface area contributed by atoms with E-state index < -0.39 is 4.92 Å². The van der Waals surface area contributed by atoms with Crippen molar-refractivity contribution in [3.05, 3.63) is 58.1 Å². The largest absolute Gasteiger partial charge is 0.477 e. The molecule has 0 radical (unpaired) electrons. The number of rotatable bonds is 6. The summed E-state index contributed by atoms with van der Waals surface area (Å²) in [5.74, 6) is 0.981. The number of hydrogen-bond donors (Lipinski definition) is 1. The van der Waals surface area contributed by atoms with Gasteiger partial charge in [0.05, 0.1) is 4.92 Å². The van der Waals surface area contributed by atoms with E-state index in [4.69, 9.17) is 14.2 Å². The van der Waals surface area contributed by atoms with E-state index in [1.54, 1.807) is 18.2 Å². The van der Waals surface area contributed by atoms with Gasteiger partial charge in [-0.15, -0.1) is 0 Å². The van der Waals surface area contributed by atoms with E-state index in [9.17, 15) is 14.9 Å². The molecule has 0 bridgehead atoms. The maximum atomic E-state index is 11.8. The Morgan fingerprint density at radius 1 is 1.21 bits per heavy atom. The Morgan fingerprint density at radius 2 is 2.00 bits per heavy atom. The monoisotopic (exact) mass is 330 g/mol. The van der Waals surface area contributed by atoms with Gasteiger partial charge >= 0.3 is 5.69 Å². The van der Waals surface area contributed by atoms with Crippen LogP contribution in [0.15, 0.2) is 42.5 Å². The van der Waals surface area contributed by atoms with Crippen molar-refractivity contribution in [1.82, 2.24) is 5.32 Å². The normalized spacial score (nSPS) is 11.8. The number of para-hydroxylation sites is 2. The van der Waals surface area contributed by atoms with Gasteiger partial charge in [-0.3, -0.25) is 14.9 Å². The molecule has 0 fully saturated rings. The number of nitrogens with one attached hydrogen (secondary N) is 1. The smallest absolute Gasteiger partial charge is 0.310 e. The Kier molecular flexibility index (Phi) is 4.46. The molecule has 0 atom stereocenters. The average Bonchev–Trinajstić information content (AvgIpc) is 3.06. The summed E-state index contributed by atoms with van der Waals surface area (Å²) in [6, 6.07) is 11.3. The van der Waals surface area contributed by atoms with Crippen molar-refractivity contribution < 1.29 is 23.9 Å². The molecule has 2 aromatic rings. The molecule has 124 valence electrons. The summed E-state index contributed by atoms with van der Waals surface area (Å²) in [5.41, 5.74) is 0.666. The van der Waals surface area contributed by atoms with Crippen molar-refractivity contribution in [2.75, 3.05) is 13.4 Å². The van der Waals surface area contributed by atoms with Gasteiger partial charge in [-0.1, -0.05) is 18.2 Å². The van der Waals surface area contributed by atoms with Crippen LogP contribution in [0.1, 0.15) is 5.56 Å². The summed E-state index contributed by atoms with van der Waals surface area (Å²) in [6.07, 6.45) is 0. The topological polar surface area (TPSA) is 99.9 Å². The maximum Gasteiger partial charge on any atom is 0.310 e. The van der Waals surface area contributed by atoms with Crippen LogP contribution in [-0.4, -0.2) is 24.2 Å². The number of ether oxygens (including phenoxy) is 3. The molecule has 2 aromatic carbocycles. The summed E-state index contributed by atoms with van der Waals surface area (Å²) in [5, 5.41) is 13.6. The molecule has 3 rings (SSSR count). The van der Waals surface area contributed by atoms with Crippen LogP contribution in [0.3, 0.4) is 0 Å². The second-order valence-corrected chi connectivity index (χ2v) is 4.98. The lowest BCUT2D eigenvalue weighted by atomic mass is 10.2. The van der Waals surface area contributed by atoms with E-state index in [0.717, 1.165) is 5.56 Å². The van der Waals surface area contributed by atoms with Gasteiger partial charge in [0.25, 0.3) is 5.91 Å². The lowest BCUT2D eigenvalue weighted by Gasteiger charge is -2.08. The summed E-state index contributed by atoms with van der Waals surface area (Å²) >= 11 is 0. The third-order valence-corrected chi connectivity index (χ3v) is 3.35. The van der Waals surface area contributed by atoms with Crippen LogP contribution >= 0.6 is 0 Å². The van der Waals surface area contributed by atoms with Crippen molar-refractivity contribution in [2.24, 2.45) is 0 Å². The molecule has 1 aliphatic heterocycles. The molecule has 0 aliphatic carbocycles. The zero-order valence-electron chi connectivity index (χ0n) is 12.6. The molecule has 24 heavy (non-hydrogen) atoms. The summed E-state index contributed by atoms with van der Waals surface area (Å²) in [4.78, 5) is 22.2. The Labute approximate surface area is 137 Å². The zero-order valence-corrected chi connectivity index (χ0v) is 12.6. The first-order valence-corrected chi connectivity index (χ1v) is 7.15. The number of hydrogen-bond acceptors (Lipinski definition) is 6. The van der Waals surface area contributed by atoms with Gasteiger partial charge in [0.15, 0.2) is 23.9 Å². The van der Waals surface area contributed by atoms with E-state index in [-0.39, 0.29) is 37.3 Å². The minimum Gasteiger partial charge on any atom is -0.477 e. The number of benzene rings is 2. The SMILES string of the molecule is O=C(COc1ccccc1[N+](=O)[O-])NCc1ccc2c(c1)OCO2. The Hall–Kier alpha value is -3.29. The van der Waals surface area contributed by atoms with Gasteiger partial charge in [0.1, 0.15) is 0 Å². The Bertz CT molecular complexity index is 777. The first-order valence-electron chi connectivity index (χ1n) is 7.15. The second-order valence-electron chi connectivity index (χ2n) is 4.98. The highest BCUT2D eigenvalue weighted by molar-refractivity contribution is 5.77. The van der Waals surface area contributed by atoms with E-state index in [2.05, 4.69) is 5.32 Å². The fourth-order valence-electron chi connectivity index (χ4n) is 2.18. The highest BCUT2D eigenvalue weighted by Crippen LogP contribution is 2.32. The average molecular weight is 330 g/mol. The summed E-state index contributed by atoms with van der Waals surface area (Å²) in [6.45, 7) is 0.167. The fraction of sp³-hybridized carbons (Fsp3) is 0.188. The fourth-order valence-corrected chi connectivity index (χ4v) is 2.18. The van der Waals surface area contributed by atoms with Crippen molar-refractivity contribution >= 4 is 11.6 Å². The highest BCUT2D eigenvalue weighted by atomic mass is 16.7. The third-order valence-electron chi connectivity index (χ3n) is 3.35. The van der Waals surface area contributed by atoms with Gasteiger partial charge in [-0.25, -0.2) is 0 Å². The second kappa shape index (κ2) is 6.86. The van der Waals surface area contributed by atoms with Crippen LogP contribution in [0.2, 0.25) is 0 Å². The van der Waals surface area contributed by atoms with Crippen LogP contribution < -0.4 is 19.5 Å². The number of carbonyl (C=O) groups excluding carboxylic acids is 1. The van der Waals surface area contributed by atoms with Gasteiger partial charge in [-0.05, 0) is 23.8 Å². The number of fused-ring (bicyclic) bond motifs is 1. The number of nitro groups is 1. The summed E-state index contributed by atoms with van der Waals surface area (Å²) in [7, 11) is 0. The number of carbonyl (C=O) groups is 1. The van der Waals surface area contributed by atoms with Crippen LogP contribution in [0.4, 0.5) is 5.69 Å². The van der Waals surface area contributed by atoms with Gasteiger partial charge in [0.2, 0.25) is 6.79 Å². The summed E-state index contributed by atoms with van der Waals surface area (Å²) < 4.78 is 15.7. The van der Waals surface area contributed by atoms with Gasteiger partial charge < -0.3 is 19.5 Å². The molecule has 8 nitrogen and oxygen atoms in total. The quantitative estimate of drug-likeness (QED) is 0.642. The maximum absolute atomic E-state index is 11.8. The molecule has 0 saturated carbocycles. The molecule has 1 amide bonds. The lowest BCUT2D eigenvalue weighted by Crippen LogP contribution is -2.28. The van der Waals surface area contributed by atoms with E-state index in [0.29, 0.717) is 11.5 Å². The van der Waals surface area contributed by atoms with Crippen LogP contribution in [0, 0.1) is 10.1 Å². The molecule has 1 N–H and O–H groups in total. The molecule has 0 saturated heterocycles. The molecule has 1 heterocycles. The first kappa shape index (κ1) is 15.6. The molecule has 8 heteroatoms. The first-order chi connectivity index (χ1) is 11.6. The van der Waals surface area contributed by atoms with Crippen LogP contribution in [-0.2, 0) is 11.3 Å². The van der Waals surface area contributed by atoms with E-state index >= 15 is 0 Å². The van der Waals surface area contributed by atoms with Gasteiger partial charge in [0, 0.05) is 12.6 Å². The van der Waals surface area contributed by atoms with Gasteiger partial charge in [-0.2, -0.15) is 0 Å². The van der Waals surface area contributed by atoms with Crippen molar-refractivity contribution in [1.29, 1.82) is 0 Å². The van der Waals surface area contributed by atoms with Crippen molar-refractivity contribution in [3.63, 3.8) is 0 Å². The number of amides is 1. The lowest BCUT2D eigenvalue weighted by molar-refractivity contribution is -0.385. The third kappa shape index (κ3) is 3.54. The molecule has 0 spiro atoms.